The van der Waals surface area contributed by atoms with Gasteiger partial charge in [-0.15, -0.1) is 0 Å². The molecule has 1 aromatic heterocycles. The van der Waals surface area contributed by atoms with Crippen molar-refractivity contribution in [3.8, 4) is 5.75 Å². The fourth-order valence-corrected chi connectivity index (χ4v) is 1.94. The van der Waals surface area contributed by atoms with Crippen LogP contribution in [0.3, 0.4) is 0 Å². The Balaban J connectivity index is 2.26. The molecule has 1 heterocycles. The van der Waals surface area contributed by atoms with Gasteiger partial charge in [0, 0.05) is 23.1 Å². The van der Waals surface area contributed by atoms with E-state index >= 15 is 0 Å². The molecule has 0 bridgehead atoms. The predicted molar refractivity (Wildman–Crippen MR) is 66.8 cm³/mol. The number of aromatic amines is 1. The predicted octanol–water partition coefficient (Wildman–Crippen LogP) is 2.55. The van der Waals surface area contributed by atoms with Crippen LogP contribution >= 0.6 is 0 Å². The van der Waals surface area contributed by atoms with Gasteiger partial charge in [0.15, 0.2) is 11.6 Å². The number of hydrogen-bond donors (Lipinski definition) is 3. The van der Waals surface area contributed by atoms with Gasteiger partial charge in [-0.05, 0) is 30.7 Å². The molecule has 0 saturated carbocycles. The zero-order valence-corrected chi connectivity index (χ0v) is 10.0. The highest BCUT2D eigenvalue weighted by atomic mass is 19.1. The van der Waals surface area contributed by atoms with E-state index in [-0.39, 0.29) is 5.75 Å². The molecule has 92 valence electrons. The van der Waals surface area contributed by atoms with Crippen molar-refractivity contribution in [2.75, 3.05) is 6.54 Å². The molecule has 0 unspecified atom stereocenters. The molecule has 3 nitrogen and oxygen atoms in total. The van der Waals surface area contributed by atoms with E-state index in [0.717, 1.165) is 24.0 Å². The van der Waals surface area contributed by atoms with E-state index in [1.54, 1.807) is 6.07 Å². The molecule has 1 aromatic carbocycles. The standard InChI is InChI=1S/C13H17FN2O/c1-8(2)15-6-5-9-7-16-11-4-3-10(14)13(17)12(9)11/h3-4,7-8,15-17H,5-6H2,1-2H3. The molecule has 0 aliphatic heterocycles. The lowest BCUT2D eigenvalue weighted by Crippen LogP contribution is -2.24. The van der Waals surface area contributed by atoms with Gasteiger partial charge in [0.2, 0.25) is 0 Å². The second-order valence-corrected chi connectivity index (χ2v) is 4.49. The Bertz CT molecular complexity index is 519. The van der Waals surface area contributed by atoms with Crippen LogP contribution < -0.4 is 5.32 Å². The lowest BCUT2D eigenvalue weighted by atomic mass is 10.1. The second kappa shape index (κ2) is 4.75. The van der Waals surface area contributed by atoms with Gasteiger partial charge in [0.25, 0.3) is 0 Å². The van der Waals surface area contributed by atoms with Crippen molar-refractivity contribution in [2.24, 2.45) is 0 Å². The largest absolute Gasteiger partial charge is 0.504 e. The molecular formula is C13H17FN2O. The van der Waals surface area contributed by atoms with Crippen molar-refractivity contribution in [3.05, 3.63) is 29.7 Å². The van der Waals surface area contributed by atoms with E-state index in [1.165, 1.54) is 6.07 Å². The molecule has 3 N–H and O–H groups in total. The maximum atomic E-state index is 13.3. The number of halogens is 1. The third-order valence-electron chi connectivity index (χ3n) is 2.80. The van der Waals surface area contributed by atoms with Crippen LogP contribution in [0.5, 0.6) is 5.75 Å². The Kier molecular flexibility index (Phi) is 3.33. The van der Waals surface area contributed by atoms with Gasteiger partial charge in [-0.3, -0.25) is 0 Å². The van der Waals surface area contributed by atoms with Gasteiger partial charge in [-0.25, -0.2) is 4.39 Å². The quantitative estimate of drug-likeness (QED) is 0.764. The summed E-state index contributed by atoms with van der Waals surface area (Å²) >= 11 is 0. The summed E-state index contributed by atoms with van der Waals surface area (Å²) in [6, 6.07) is 3.33. The van der Waals surface area contributed by atoms with Crippen LogP contribution in [0, 0.1) is 5.82 Å². The summed E-state index contributed by atoms with van der Waals surface area (Å²) in [5.74, 6) is -0.835. The number of hydrogen-bond acceptors (Lipinski definition) is 2. The van der Waals surface area contributed by atoms with Crippen molar-refractivity contribution < 1.29 is 9.50 Å². The number of phenolic OH excluding ortho intramolecular Hbond substituents is 1. The number of aromatic hydroxyl groups is 1. The fraction of sp³-hybridized carbons (Fsp3) is 0.385. The SMILES string of the molecule is CC(C)NCCc1c[nH]c2ccc(F)c(O)c12. The van der Waals surface area contributed by atoms with Crippen molar-refractivity contribution in [1.29, 1.82) is 0 Å². The van der Waals surface area contributed by atoms with Crippen LogP contribution in [0.4, 0.5) is 4.39 Å². The summed E-state index contributed by atoms with van der Waals surface area (Å²) in [7, 11) is 0. The summed E-state index contributed by atoms with van der Waals surface area (Å²) in [5, 5.41) is 13.6. The molecule has 0 fully saturated rings. The number of nitrogens with one attached hydrogen (secondary N) is 2. The molecule has 0 spiro atoms. The van der Waals surface area contributed by atoms with E-state index in [2.05, 4.69) is 24.1 Å². The van der Waals surface area contributed by atoms with Crippen LogP contribution in [0.25, 0.3) is 10.9 Å². The van der Waals surface area contributed by atoms with Gasteiger partial charge < -0.3 is 15.4 Å². The minimum Gasteiger partial charge on any atom is -0.504 e. The Hall–Kier alpha value is -1.55. The minimum atomic E-state index is -0.574. The molecule has 0 amide bonds. The first-order valence-corrected chi connectivity index (χ1v) is 5.80. The van der Waals surface area contributed by atoms with Crippen molar-refractivity contribution in [1.82, 2.24) is 10.3 Å². The number of phenols is 1. The van der Waals surface area contributed by atoms with Crippen LogP contribution in [0.1, 0.15) is 19.4 Å². The molecule has 0 aliphatic rings. The van der Waals surface area contributed by atoms with Crippen LogP contribution in [0.15, 0.2) is 18.3 Å². The van der Waals surface area contributed by atoms with Crippen molar-refractivity contribution >= 4 is 10.9 Å². The van der Waals surface area contributed by atoms with Crippen molar-refractivity contribution in [2.45, 2.75) is 26.3 Å². The molecule has 2 rings (SSSR count). The number of aromatic nitrogens is 1. The number of benzene rings is 1. The highest BCUT2D eigenvalue weighted by Gasteiger charge is 2.11. The Morgan fingerprint density at radius 2 is 2.18 bits per heavy atom. The summed E-state index contributed by atoms with van der Waals surface area (Å²) in [6.07, 6.45) is 2.58. The lowest BCUT2D eigenvalue weighted by Gasteiger charge is -2.07. The molecule has 0 radical (unpaired) electrons. The van der Waals surface area contributed by atoms with Gasteiger partial charge >= 0.3 is 0 Å². The van der Waals surface area contributed by atoms with Crippen LogP contribution in [-0.2, 0) is 6.42 Å². The van der Waals surface area contributed by atoms with Crippen LogP contribution in [0.2, 0.25) is 0 Å². The summed E-state index contributed by atoms with van der Waals surface area (Å²) in [6.45, 7) is 4.96. The van der Waals surface area contributed by atoms with Gasteiger partial charge in [0.1, 0.15) is 0 Å². The number of fused-ring (bicyclic) bond motifs is 1. The van der Waals surface area contributed by atoms with E-state index in [4.69, 9.17) is 0 Å². The van der Waals surface area contributed by atoms with E-state index in [0.29, 0.717) is 11.4 Å². The minimum absolute atomic E-state index is 0.261. The molecule has 17 heavy (non-hydrogen) atoms. The number of H-pyrrole nitrogens is 1. The monoisotopic (exact) mass is 236 g/mol. The lowest BCUT2D eigenvalue weighted by molar-refractivity contribution is 0.438. The molecular weight excluding hydrogens is 219 g/mol. The zero-order chi connectivity index (χ0) is 12.4. The summed E-state index contributed by atoms with van der Waals surface area (Å²) in [4.78, 5) is 3.04. The van der Waals surface area contributed by atoms with E-state index < -0.39 is 5.82 Å². The summed E-state index contributed by atoms with van der Waals surface area (Å²) < 4.78 is 13.3. The maximum Gasteiger partial charge on any atom is 0.165 e. The van der Waals surface area contributed by atoms with E-state index in [9.17, 15) is 9.50 Å². The fourth-order valence-electron chi connectivity index (χ4n) is 1.94. The third-order valence-corrected chi connectivity index (χ3v) is 2.80. The average Bonchev–Trinajstić information content (AvgIpc) is 2.67. The second-order valence-electron chi connectivity index (χ2n) is 4.49. The normalized spacial score (nSPS) is 11.5. The first-order chi connectivity index (χ1) is 8.09. The highest BCUT2D eigenvalue weighted by molar-refractivity contribution is 5.89. The van der Waals surface area contributed by atoms with E-state index in [1.807, 2.05) is 6.20 Å². The molecule has 0 aliphatic carbocycles. The molecule has 4 heteroatoms. The summed E-state index contributed by atoms with van der Waals surface area (Å²) in [5.41, 5.74) is 1.70. The zero-order valence-electron chi connectivity index (χ0n) is 10.0. The van der Waals surface area contributed by atoms with Gasteiger partial charge in [0.05, 0.1) is 0 Å². The highest BCUT2D eigenvalue weighted by Crippen LogP contribution is 2.30. The average molecular weight is 236 g/mol. The topological polar surface area (TPSA) is 48.0 Å². The van der Waals surface area contributed by atoms with Crippen LogP contribution in [-0.4, -0.2) is 22.7 Å². The molecule has 0 saturated heterocycles. The Morgan fingerprint density at radius 1 is 1.41 bits per heavy atom. The Morgan fingerprint density at radius 3 is 2.88 bits per heavy atom. The first-order valence-electron chi connectivity index (χ1n) is 5.80. The third kappa shape index (κ3) is 2.42. The maximum absolute atomic E-state index is 13.3. The van der Waals surface area contributed by atoms with Gasteiger partial charge in [-0.1, -0.05) is 13.8 Å². The first kappa shape index (κ1) is 11.9. The Labute approximate surface area is 99.7 Å². The smallest absolute Gasteiger partial charge is 0.165 e. The molecule has 0 atom stereocenters. The number of rotatable bonds is 4. The van der Waals surface area contributed by atoms with Crippen molar-refractivity contribution in [3.63, 3.8) is 0 Å². The van der Waals surface area contributed by atoms with Gasteiger partial charge in [-0.2, -0.15) is 0 Å². The molecule has 2 aromatic rings.